The van der Waals surface area contributed by atoms with Crippen LogP contribution in [-0.4, -0.2) is 29.5 Å². The molecule has 0 bridgehead atoms. The van der Waals surface area contributed by atoms with Crippen molar-refractivity contribution in [2.24, 2.45) is 5.92 Å². The summed E-state index contributed by atoms with van der Waals surface area (Å²) in [5.41, 5.74) is 3.70. The van der Waals surface area contributed by atoms with Crippen LogP contribution < -0.4 is 15.2 Å². The summed E-state index contributed by atoms with van der Waals surface area (Å²) in [5, 5.41) is 10.6. The number of ether oxygens (including phenoxy) is 1. The van der Waals surface area contributed by atoms with E-state index in [1.807, 2.05) is 44.2 Å². The van der Waals surface area contributed by atoms with Crippen molar-refractivity contribution in [2.45, 2.75) is 20.3 Å². The number of rotatable bonds is 7. The zero-order valence-electron chi connectivity index (χ0n) is 14.6. The third kappa shape index (κ3) is 5.46. The number of nitrogens with zero attached hydrogens (tertiary/aromatic N) is 4. The van der Waals surface area contributed by atoms with Crippen LogP contribution in [0.15, 0.2) is 36.5 Å². The molecule has 25 heavy (non-hydrogen) atoms. The fourth-order valence-electron chi connectivity index (χ4n) is 2.27. The second kappa shape index (κ2) is 8.64. The fourth-order valence-corrected chi connectivity index (χ4v) is 2.27. The maximum Gasteiger partial charge on any atom is 0.242 e. The number of benzene rings is 1. The van der Waals surface area contributed by atoms with Gasteiger partial charge in [0, 0.05) is 18.8 Å². The molecule has 7 nitrogen and oxygen atoms in total. The van der Waals surface area contributed by atoms with Gasteiger partial charge in [-0.3, -0.25) is 15.2 Å². The van der Waals surface area contributed by atoms with Crippen molar-refractivity contribution in [3.05, 3.63) is 47.9 Å². The third-order valence-corrected chi connectivity index (χ3v) is 3.32. The number of methoxy groups -OCH3 is 1. The highest BCUT2D eigenvalue weighted by molar-refractivity contribution is 5.80. The maximum atomic E-state index is 12.4. The minimum Gasteiger partial charge on any atom is -0.497 e. The van der Waals surface area contributed by atoms with Crippen molar-refractivity contribution < 1.29 is 9.53 Å². The molecule has 1 N–H and O–H groups in total. The average molecular weight is 339 g/mol. The topological polar surface area (TPSA) is 91.1 Å². The smallest absolute Gasteiger partial charge is 0.242 e. The van der Waals surface area contributed by atoms with Crippen LogP contribution in [0.2, 0.25) is 0 Å². The molecule has 0 aliphatic heterocycles. The van der Waals surface area contributed by atoms with Crippen molar-refractivity contribution >= 4 is 11.7 Å². The van der Waals surface area contributed by atoms with Crippen LogP contribution in [0.4, 0.5) is 5.82 Å². The van der Waals surface area contributed by atoms with Crippen molar-refractivity contribution in [3.63, 3.8) is 0 Å². The van der Waals surface area contributed by atoms with Crippen molar-refractivity contribution in [1.29, 1.82) is 5.26 Å². The molecule has 0 unspecified atom stereocenters. The number of hydrogen-bond acceptors (Lipinski definition) is 6. The Morgan fingerprint density at radius 3 is 2.88 bits per heavy atom. The standard InChI is InChI=1S/C18H21N5O2/c1-13(2)12-23(17-7-8-20-16(11-19)21-17)22-18(24)10-14-5-4-6-15(9-14)25-3/h4-9,13H,10,12H2,1-3H3,(H,22,24). The third-order valence-electron chi connectivity index (χ3n) is 3.32. The first-order valence-electron chi connectivity index (χ1n) is 7.95. The van der Waals surface area contributed by atoms with E-state index in [1.165, 1.54) is 6.20 Å². The van der Waals surface area contributed by atoms with Gasteiger partial charge in [0.1, 0.15) is 11.8 Å². The molecule has 1 heterocycles. The number of carbonyl (C=O) groups excluding carboxylic acids is 1. The summed E-state index contributed by atoms with van der Waals surface area (Å²) in [5.74, 6) is 1.37. The molecule has 0 radical (unpaired) electrons. The van der Waals surface area contributed by atoms with E-state index < -0.39 is 0 Å². The lowest BCUT2D eigenvalue weighted by molar-refractivity contribution is -0.120. The monoisotopic (exact) mass is 339 g/mol. The van der Waals surface area contributed by atoms with Gasteiger partial charge in [-0.1, -0.05) is 26.0 Å². The molecule has 1 aromatic carbocycles. The molecule has 0 fully saturated rings. The van der Waals surface area contributed by atoms with E-state index in [0.717, 1.165) is 5.56 Å². The van der Waals surface area contributed by atoms with Crippen LogP contribution in [0.5, 0.6) is 5.75 Å². The molecule has 130 valence electrons. The Morgan fingerprint density at radius 2 is 2.20 bits per heavy atom. The molecule has 0 saturated heterocycles. The van der Waals surface area contributed by atoms with E-state index >= 15 is 0 Å². The Balaban J connectivity index is 2.12. The van der Waals surface area contributed by atoms with E-state index in [4.69, 9.17) is 10.00 Å². The average Bonchev–Trinajstić information content (AvgIpc) is 2.61. The van der Waals surface area contributed by atoms with Gasteiger partial charge in [-0.2, -0.15) is 10.2 Å². The first kappa shape index (κ1) is 18.2. The number of aromatic nitrogens is 2. The number of hydrogen-bond donors (Lipinski definition) is 1. The van der Waals surface area contributed by atoms with Gasteiger partial charge in [0.05, 0.1) is 13.5 Å². The largest absolute Gasteiger partial charge is 0.497 e. The quantitative estimate of drug-likeness (QED) is 0.777. The predicted octanol–water partition coefficient (Wildman–Crippen LogP) is 2.09. The Labute approximate surface area is 147 Å². The summed E-state index contributed by atoms with van der Waals surface area (Å²) in [6.45, 7) is 4.63. The van der Waals surface area contributed by atoms with Crippen molar-refractivity contribution in [1.82, 2.24) is 15.4 Å². The second-order valence-corrected chi connectivity index (χ2v) is 5.92. The summed E-state index contributed by atoms with van der Waals surface area (Å²) in [6, 6.07) is 10.9. The maximum absolute atomic E-state index is 12.4. The van der Waals surface area contributed by atoms with Gasteiger partial charge in [0.15, 0.2) is 5.82 Å². The number of amides is 1. The first-order chi connectivity index (χ1) is 12.0. The molecule has 0 aliphatic carbocycles. The van der Waals surface area contributed by atoms with Crippen LogP contribution in [0.1, 0.15) is 25.2 Å². The minimum atomic E-state index is -0.175. The molecule has 0 saturated carbocycles. The summed E-state index contributed by atoms with van der Waals surface area (Å²) in [4.78, 5) is 20.4. The number of hydrazine groups is 1. The van der Waals surface area contributed by atoms with Gasteiger partial charge >= 0.3 is 0 Å². The van der Waals surface area contributed by atoms with E-state index in [1.54, 1.807) is 18.2 Å². The first-order valence-corrected chi connectivity index (χ1v) is 7.95. The normalized spacial score (nSPS) is 10.2. The van der Waals surface area contributed by atoms with Gasteiger partial charge in [-0.25, -0.2) is 4.98 Å². The molecule has 1 aromatic heterocycles. The van der Waals surface area contributed by atoms with Gasteiger partial charge in [0.25, 0.3) is 0 Å². The Kier molecular flexibility index (Phi) is 6.29. The molecular weight excluding hydrogens is 318 g/mol. The van der Waals surface area contributed by atoms with Gasteiger partial charge in [0.2, 0.25) is 11.7 Å². The van der Waals surface area contributed by atoms with Crippen LogP contribution >= 0.6 is 0 Å². The van der Waals surface area contributed by atoms with Crippen LogP contribution in [0, 0.1) is 17.2 Å². The van der Waals surface area contributed by atoms with Gasteiger partial charge in [-0.05, 0) is 23.6 Å². The van der Waals surface area contributed by atoms with E-state index in [2.05, 4.69) is 15.4 Å². The Morgan fingerprint density at radius 1 is 1.40 bits per heavy atom. The lowest BCUT2D eigenvalue weighted by Gasteiger charge is -2.26. The van der Waals surface area contributed by atoms with Crippen LogP contribution in [-0.2, 0) is 11.2 Å². The highest BCUT2D eigenvalue weighted by Gasteiger charge is 2.15. The minimum absolute atomic E-state index is 0.0632. The molecule has 2 aromatic rings. The van der Waals surface area contributed by atoms with Gasteiger partial charge in [-0.15, -0.1) is 0 Å². The van der Waals surface area contributed by atoms with E-state index in [-0.39, 0.29) is 24.1 Å². The zero-order valence-corrected chi connectivity index (χ0v) is 14.6. The summed E-state index contributed by atoms with van der Waals surface area (Å²) >= 11 is 0. The number of anilines is 1. The zero-order chi connectivity index (χ0) is 18.2. The molecule has 0 aliphatic rings. The predicted molar refractivity (Wildman–Crippen MR) is 93.8 cm³/mol. The molecule has 7 heteroatoms. The lowest BCUT2D eigenvalue weighted by atomic mass is 10.1. The van der Waals surface area contributed by atoms with E-state index in [0.29, 0.717) is 18.1 Å². The molecule has 0 spiro atoms. The molecule has 0 atom stereocenters. The highest BCUT2D eigenvalue weighted by atomic mass is 16.5. The summed E-state index contributed by atoms with van der Waals surface area (Å²) in [7, 11) is 1.59. The molecular formula is C18H21N5O2. The number of nitriles is 1. The fraction of sp³-hybridized carbons (Fsp3) is 0.333. The molecule has 1 amide bonds. The van der Waals surface area contributed by atoms with E-state index in [9.17, 15) is 4.79 Å². The second-order valence-electron chi connectivity index (χ2n) is 5.92. The summed E-state index contributed by atoms with van der Waals surface area (Å²) in [6.07, 6.45) is 1.71. The number of nitrogens with one attached hydrogen (secondary N) is 1. The number of carbonyl (C=O) groups is 1. The lowest BCUT2D eigenvalue weighted by Crippen LogP contribution is -2.45. The van der Waals surface area contributed by atoms with Crippen LogP contribution in [0.3, 0.4) is 0 Å². The van der Waals surface area contributed by atoms with Crippen molar-refractivity contribution in [3.8, 4) is 11.8 Å². The van der Waals surface area contributed by atoms with Crippen molar-refractivity contribution in [2.75, 3.05) is 18.7 Å². The summed E-state index contributed by atoms with van der Waals surface area (Å²) < 4.78 is 5.18. The highest BCUT2D eigenvalue weighted by Crippen LogP contribution is 2.14. The Hall–Kier alpha value is -3.14. The molecule has 2 rings (SSSR count). The Bertz CT molecular complexity index is 770. The van der Waals surface area contributed by atoms with Gasteiger partial charge < -0.3 is 4.74 Å². The van der Waals surface area contributed by atoms with Crippen LogP contribution in [0.25, 0.3) is 0 Å². The SMILES string of the molecule is COc1cccc(CC(=O)NN(CC(C)C)c2ccnc(C#N)n2)c1.